The first kappa shape index (κ1) is 21.3. The molecule has 1 heterocycles. The second-order valence-corrected chi connectivity index (χ2v) is 8.94. The zero-order chi connectivity index (χ0) is 20.4. The fourth-order valence-electron chi connectivity index (χ4n) is 2.10. The van der Waals surface area contributed by atoms with Gasteiger partial charge in [0.05, 0.1) is 6.42 Å². The molecule has 0 radical (unpaired) electrons. The van der Waals surface area contributed by atoms with Gasteiger partial charge in [-0.15, -0.1) is 11.3 Å². The normalized spacial score (nSPS) is 13.4. The Balaban J connectivity index is 2.28. The molecule has 0 aliphatic rings. The van der Waals surface area contributed by atoms with Crippen LogP contribution in [0, 0.1) is 5.82 Å². The van der Waals surface area contributed by atoms with Crippen LogP contribution in [-0.2, 0) is 21.2 Å². The minimum atomic E-state index is -4.92. The number of hydrogen-bond acceptors (Lipinski definition) is 4. The summed E-state index contributed by atoms with van der Waals surface area (Å²) in [6.07, 6.45) is -4.99. The molecule has 148 valence electrons. The van der Waals surface area contributed by atoms with E-state index >= 15 is 0 Å². The maximum atomic E-state index is 13.4. The summed E-state index contributed by atoms with van der Waals surface area (Å²) in [7, 11) is -1.44. The van der Waals surface area contributed by atoms with Crippen molar-refractivity contribution in [1.29, 1.82) is 0 Å². The Morgan fingerprint density at radius 1 is 1.15 bits per heavy atom. The van der Waals surface area contributed by atoms with E-state index in [0.717, 1.165) is 30.3 Å². The van der Waals surface area contributed by atoms with Gasteiger partial charge in [0.1, 0.15) is 16.1 Å². The lowest BCUT2D eigenvalue weighted by molar-refractivity contribution is -0.153. The van der Waals surface area contributed by atoms with Gasteiger partial charge in [-0.2, -0.15) is 17.9 Å². The Labute approximate surface area is 157 Å². The van der Waals surface area contributed by atoms with E-state index in [-0.39, 0.29) is 16.5 Å². The maximum absolute atomic E-state index is 13.4. The highest BCUT2D eigenvalue weighted by atomic mass is 32.2. The Morgan fingerprint density at radius 2 is 1.74 bits per heavy atom. The van der Waals surface area contributed by atoms with Crippen LogP contribution in [0.4, 0.5) is 17.6 Å². The van der Waals surface area contributed by atoms with Gasteiger partial charge in [0.2, 0.25) is 5.91 Å². The molecule has 1 aromatic carbocycles. The van der Waals surface area contributed by atoms with Crippen molar-refractivity contribution in [2.45, 2.75) is 22.8 Å². The lowest BCUT2D eigenvalue weighted by Gasteiger charge is -2.21. The van der Waals surface area contributed by atoms with Crippen molar-refractivity contribution in [3.05, 3.63) is 52.7 Å². The number of nitrogens with one attached hydrogen (secondary N) is 1. The molecule has 0 spiro atoms. The van der Waals surface area contributed by atoms with Crippen LogP contribution in [0.2, 0.25) is 0 Å². The molecule has 1 aromatic heterocycles. The van der Waals surface area contributed by atoms with Crippen LogP contribution < -0.4 is 4.72 Å². The lowest BCUT2D eigenvalue weighted by Crippen LogP contribution is -2.37. The molecular weight excluding hydrogens is 408 g/mol. The standard InChI is InChI=1S/C16H16F4N2O3S2/c1-22(2)13(23)9-12-7-8-14(26-12)27(24,25)21-15(16(18,19)20)10-3-5-11(17)6-4-10/h3-8,15,21H,9H2,1-2H3. The molecule has 2 rings (SSSR count). The van der Waals surface area contributed by atoms with Gasteiger partial charge in [-0.25, -0.2) is 12.8 Å². The summed E-state index contributed by atoms with van der Waals surface area (Å²) in [5.41, 5.74) is -0.438. The van der Waals surface area contributed by atoms with Crippen molar-refractivity contribution in [3.8, 4) is 0 Å². The summed E-state index contributed by atoms with van der Waals surface area (Å²) in [6.45, 7) is 0. The molecule has 1 N–H and O–H groups in total. The van der Waals surface area contributed by atoms with Crippen LogP contribution in [0.15, 0.2) is 40.6 Å². The zero-order valence-corrected chi connectivity index (χ0v) is 15.9. The largest absolute Gasteiger partial charge is 0.408 e. The number of nitrogens with zero attached hydrogens (tertiary/aromatic N) is 1. The predicted octanol–water partition coefficient (Wildman–Crippen LogP) is 3.10. The van der Waals surface area contributed by atoms with E-state index in [9.17, 15) is 30.8 Å². The highest BCUT2D eigenvalue weighted by Crippen LogP contribution is 2.35. The summed E-state index contributed by atoms with van der Waals surface area (Å²) in [5.74, 6) is -1.01. The summed E-state index contributed by atoms with van der Waals surface area (Å²) >= 11 is 0.711. The second kappa shape index (κ2) is 7.95. The number of likely N-dealkylation sites (N-methyl/N-ethyl adjacent to an activating group) is 1. The Morgan fingerprint density at radius 3 is 2.26 bits per heavy atom. The molecule has 0 fully saturated rings. The summed E-state index contributed by atoms with van der Waals surface area (Å²) in [5, 5.41) is 0. The first-order chi connectivity index (χ1) is 12.4. The third-order valence-corrected chi connectivity index (χ3v) is 6.53. The average Bonchev–Trinajstić information content (AvgIpc) is 3.02. The van der Waals surface area contributed by atoms with Crippen LogP contribution in [0.1, 0.15) is 16.5 Å². The van der Waals surface area contributed by atoms with E-state index in [1.807, 2.05) is 0 Å². The van der Waals surface area contributed by atoms with Gasteiger partial charge < -0.3 is 4.90 Å². The molecule has 11 heteroatoms. The SMILES string of the molecule is CN(C)C(=O)Cc1ccc(S(=O)(=O)NC(c2ccc(F)cc2)C(F)(F)F)s1. The molecule has 0 bridgehead atoms. The van der Waals surface area contributed by atoms with E-state index in [1.165, 1.54) is 25.1 Å². The maximum Gasteiger partial charge on any atom is 0.408 e. The minimum absolute atomic E-state index is 0.0617. The van der Waals surface area contributed by atoms with Crippen molar-refractivity contribution in [2.75, 3.05) is 14.1 Å². The number of sulfonamides is 1. The van der Waals surface area contributed by atoms with Crippen molar-refractivity contribution < 1.29 is 30.8 Å². The molecule has 0 aliphatic heterocycles. The molecule has 1 amide bonds. The molecular formula is C16H16F4N2O3S2. The second-order valence-electron chi connectivity index (χ2n) is 5.83. The number of alkyl halides is 3. The number of carbonyl (C=O) groups is 1. The van der Waals surface area contributed by atoms with E-state index in [2.05, 4.69) is 0 Å². The molecule has 2 aromatic rings. The molecule has 1 unspecified atom stereocenters. The van der Waals surface area contributed by atoms with Gasteiger partial charge in [-0.1, -0.05) is 12.1 Å². The van der Waals surface area contributed by atoms with Gasteiger partial charge in [-0.3, -0.25) is 4.79 Å². The summed E-state index contributed by atoms with van der Waals surface area (Å²) in [6, 6.07) is 3.36. The average molecular weight is 424 g/mol. The van der Waals surface area contributed by atoms with Gasteiger partial charge in [-0.05, 0) is 29.8 Å². The Kier molecular flexibility index (Phi) is 6.28. The molecule has 1 atom stereocenters. The van der Waals surface area contributed by atoms with Gasteiger partial charge in [0, 0.05) is 19.0 Å². The van der Waals surface area contributed by atoms with Crippen LogP contribution >= 0.6 is 11.3 Å². The summed E-state index contributed by atoms with van der Waals surface area (Å²) in [4.78, 5) is 13.4. The fourth-order valence-corrected chi connectivity index (χ4v) is 4.67. The first-order valence-electron chi connectivity index (χ1n) is 7.53. The molecule has 5 nitrogen and oxygen atoms in total. The van der Waals surface area contributed by atoms with Crippen LogP contribution in [0.3, 0.4) is 0 Å². The van der Waals surface area contributed by atoms with Crippen molar-refractivity contribution >= 4 is 27.3 Å². The highest BCUT2D eigenvalue weighted by Gasteiger charge is 2.43. The number of benzene rings is 1. The monoisotopic (exact) mass is 424 g/mol. The summed E-state index contributed by atoms with van der Waals surface area (Å²) < 4.78 is 79.1. The third-order valence-electron chi connectivity index (χ3n) is 3.53. The number of amides is 1. The van der Waals surface area contributed by atoms with Crippen LogP contribution in [-0.4, -0.2) is 39.5 Å². The van der Waals surface area contributed by atoms with E-state index in [0.29, 0.717) is 16.2 Å². The zero-order valence-electron chi connectivity index (χ0n) is 14.2. The quantitative estimate of drug-likeness (QED) is 0.725. The topological polar surface area (TPSA) is 66.5 Å². The Bertz CT molecular complexity index is 906. The van der Waals surface area contributed by atoms with Gasteiger partial charge in [0.25, 0.3) is 10.0 Å². The molecule has 27 heavy (non-hydrogen) atoms. The molecule has 0 aliphatic carbocycles. The lowest BCUT2D eigenvalue weighted by atomic mass is 10.1. The van der Waals surface area contributed by atoms with Gasteiger partial charge in [0.15, 0.2) is 0 Å². The predicted molar refractivity (Wildman–Crippen MR) is 92.2 cm³/mol. The van der Waals surface area contributed by atoms with Gasteiger partial charge >= 0.3 is 6.18 Å². The van der Waals surface area contributed by atoms with Crippen molar-refractivity contribution in [2.24, 2.45) is 0 Å². The van der Waals surface area contributed by atoms with Crippen molar-refractivity contribution in [3.63, 3.8) is 0 Å². The number of hydrogen-bond donors (Lipinski definition) is 1. The minimum Gasteiger partial charge on any atom is -0.349 e. The van der Waals surface area contributed by atoms with Crippen LogP contribution in [0.25, 0.3) is 0 Å². The van der Waals surface area contributed by atoms with Crippen molar-refractivity contribution in [1.82, 2.24) is 9.62 Å². The smallest absolute Gasteiger partial charge is 0.349 e. The van der Waals surface area contributed by atoms with E-state index in [4.69, 9.17) is 0 Å². The number of carbonyl (C=O) groups excluding carboxylic acids is 1. The third kappa shape index (κ3) is 5.50. The van der Waals surface area contributed by atoms with E-state index in [1.54, 1.807) is 4.72 Å². The fraction of sp³-hybridized carbons (Fsp3) is 0.312. The highest BCUT2D eigenvalue weighted by molar-refractivity contribution is 7.91. The number of thiophene rings is 1. The van der Waals surface area contributed by atoms with E-state index < -0.39 is 33.6 Å². The molecule has 0 saturated heterocycles. The number of halogens is 4. The Hall–Kier alpha value is -1.98. The molecule has 0 saturated carbocycles. The number of rotatable bonds is 6. The first-order valence-corrected chi connectivity index (χ1v) is 9.83. The van der Waals surface area contributed by atoms with Crippen LogP contribution in [0.5, 0.6) is 0 Å².